The van der Waals surface area contributed by atoms with E-state index in [4.69, 9.17) is 11.6 Å². The smallest absolute Gasteiger partial charge is 0.168 e. The van der Waals surface area contributed by atoms with Crippen molar-refractivity contribution in [1.29, 1.82) is 0 Å². The average molecular weight is 218 g/mol. The number of carbonyl (C=O) groups is 1. The Balaban J connectivity index is 2.54. The first-order chi connectivity index (χ1) is 7.31. The maximum atomic E-state index is 10.6. The Bertz CT molecular complexity index is 496. The molecule has 0 bridgehead atoms. The highest BCUT2D eigenvalue weighted by atomic mass is 35.5. The van der Waals surface area contributed by atoms with Crippen LogP contribution in [0.15, 0.2) is 42.6 Å². The summed E-state index contributed by atoms with van der Waals surface area (Å²) in [7, 11) is 0. The van der Waals surface area contributed by atoms with Crippen LogP contribution in [0.5, 0.6) is 0 Å². The molecule has 0 saturated heterocycles. The summed E-state index contributed by atoms with van der Waals surface area (Å²) in [5.74, 6) is 0. The van der Waals surface area contributed by atoms with E-state index in [1.165, 1.54) is 0 Å². The van der Waals surface area contributed by atoms with Gasteiger partial charge in [0.2, 0.25) is 0 Å². The molecule has 1 heterocycles. The number of hydrogen-bond acceptors (Lipinski definition) is 2. The molecule has 0 aliphatic rings. The van der Waals surface area contributed by atoms with Crippen LogP contribution in [0.25, 0.3) is 11.1 Å². The molecule has 0 aliphatic heterocycles. The third-order valence-corrected chi connectivity index (χ3v) is 2.42. The van der Waals surface area contributed by atoms with Gasteiger partial charge in [0, 0.05) is 16.8 Å². The second-order valence-corrected chi connectivity index (χ2v) is 3.47. The first kappa shape index (κ1) is 9.87. The van der Waals surface area contributed by atoms with E-state index >= 15 is 0 Å². The minimum atomic E-state index is 0.410. The molecule has 0 saturated carbocycles. The molecule has 1 aromatic carbocycles. The Hall–Kier alpha value is -1.67. The molecule has 74 valence electrons. The van der Waals surface area contributed by atoms with Crippen molar-refractivity contribution in [3.63, 3.8) is 0 Å². The van der Waals surface area contributed by atoms with Gasteiger partial charge in [0.1, 0.15) is 5.69 Å². The van der Waals surface area contributed by atoms with Gasteiger partial charge in [-0.15, -0.1) is 0 Å². The number of hydrogen-bond donors (Lipinski definition) is 0. The Morgan fingerprint density at radius 2 is 2.00 bits per heavy atom. The van der Waals surface area contributed by atoms with Crippen LogP contribution in [0.4, 0.5) is 0 Å². The van der Waals surface area contributed by atoms with Crippen molar-refractivity contribution >= 4 is 17.9 Å². The van der Waals surface area contributed by atoms with E-state index in [9.17, 15) is 4.79 Å². The molecule has 0 aliphatic carbocycles. The summed E-state index contributed by atoms with van der Waals surface area (Å²) in [6, 6.07) is 11.0. The van der Waals surface area contributed by atoms with Crippen LogP contribution in [0.3, 0.4) is 0 Å². The van der Waals surface area contributed by atoms with Crippen molar-refractivity contribution in [2.75, 3.05) is 0 Å². The molecular weight excluding hydrogens is 210 g/mol. The third-order valence-electron chi connectivity index (χ3n) is 2.09. The van der Waals surface area contributed by atoms with Crippen LogP contribution in [0.2, 0.25) is 5.02 Å². The lowest BCUT2D eigenvalue weighted by Crippen LogP contribution is -1.87. The molecule has 0 amide bonds. The molecule has 0 unspecified atom stereocenters. The monoisotopic (exact) mass is 217 g/mol. The lowest BCUT2D eigenvalue weighted by Gasteiger charge is -2.03. The molecule has 3 heteroatoms. The second-order valence-electron chi connectivity index (χ2n) is 3.07. The molecule has 0 radical (unpaired) electrons. The maximum Gasteiger partial charge on any atom is 0.168 e. The zero-order chi connectivity index (χ0) is 10.7. The normalized spacial score (nSPS) is 9.93. The molecule has 0 spiro atoms. The number of aromatic nitrogens is 1. The van der Waals surface area contributed by atoms with Crippen LogP contribution in [0.1, 0.15) is 10.5 Å². The van der Waals surface area contributed by atoms with Crippen LogP contribution in [-0.4, -0.2) is 11.3 Å². The first-order valence-electron chi connectivity index (χ1n) is 4.47. The molecule has 2 aromatic rings. The van der Waals surface area contributed by atoms with Gasteiger partial charge >= 0.3 is 0 Å². The number of nitrogens with zero attached hydrogens (tertiary/aromatic N) is 1. The Labute approximate surface area is 92.5 Å². The highest BCUT2D eigenvalue weighted by Crippen LogP contribution is 2.27. The third kappa shape index (κ3) is 2.05. The maximum absolute atomic E-state index is 10.6. The van der Waals surface area contributed by atoms with Crippen molar-refractivity contribution in [1.82, 2.24) is 4.98 Å². The molecule has 0 N–H and O–H groups in total. The van der Waals surface area contributed by atoms with Gasteiger partial charge in [-0.3, -0.25) is 9.78 Å². The van der Waals surface area contributed by atoms with E-state index in [-0.39, 0.29) is 0 Å². The summed E-state index contributed by atoms with van der Waals surface area (Å²) in [5, 5.41) is 0.667. The van der Waals surface area contributed by atoms with E-state index in [1.54, 1.807) is 12.3 Å². The molecule has 0 fully saturated rings. The number of carbonyl (C=O) groups excluding carboxylic acids is 1. The van der Waals surface area contributed by atoms with Gasteiger partial charge in [-0.1, -0.05) is 29.8 Å². The summed E-state index contributed by atoms with van der Waals surface area (Å²) in [4.78, 5) is 14.5. The first-order valence-corrected chi connectivity index (χ1v) is 4.85. The Kier molecular flexibility index (Phi) is 2.79. The number of rotatable bonds is 2. The highest BCUT2D eigenvalue weighted by molar-refractivity contribution is 6.33. The number of pyridine rings is 1. The standard InChI is InChI=1S/C12H8ClNO/c13-12-4-2-1-3-11(12)9-5-6-14-10(7-9)8-15/h1-8H. The molecule has 0 atom stereocenters. The predicted molar refractivity (Wildman–Crippen MR) is 60.1 cm³/mol. The minimum Gasteiger partial charge on any atom is -0.296 e. The summed E-state index contributed by atoms with van der Waals surface area (Å²) in [6.07, 6.45) is 2.32. The lowest BCUT2D eigenvalue weighted by atomic mass is 10.1. The van der Waals surface area contributed by atoms with Gasteiger partial charge in [0.25, 0.3) is 0 Å². The van der Waals surface area contributed by atoms with Gasteiger partial charge in [0.05, 0.1) is 0 Å². The van der Waals surface area contributed by atoms with Crippen molar-refractivity contribution in [2.24, 2.45) is 0 Å². The fraction of sp³-hybridized carbons (Fsp3) is 0. The van der Waals surface area contributed by atoms with Crippen molar-refractivity contribution in [2.45, 2.75) is 0 Å². The van der Waals surface area contributed by atoms with Crippen molar-refractivity contribution in [3.05, 3.63) is 53.3 Å². The quantitative estimate of drug-likeness (QED) is 0.723. The predicted octanol–water partition coefficient (Wildman–Crippen LogP) is 3.21. The minimum absolute atomic E-state index is 0.410. The van der Waals surface area contributed by atoms with Gasteiger partial charge < -0.3 is 0 Å². The van der Waals surface area contributed by atoms with Crippen LogP contribution in [-0.2, 0) is 0 Å². The van der Waals surface area contributed by atoms with E-state index in [2.05, 4.69) is 4.98 Å². The van der Waals surface area contributed by atoms with E-state index in [0.717, 1.165) is 17.4 Å². The molecule has 15 heavy (non-hydrogen) atoms. The Morgan fingerprint density at radius 1 is 1.20 bits per heavy atom. The highest BCUT2D eigenvalue weighted by Gasteiger charge is 2.03. The van der Waals surface area contributed by atoms with Crippen molar-refractivity contribution in [3.8, 4) is 11.1 Å². The molecular formula is C12H8ClNO. The fourth-order valence-electron chi connectivity index (χ4n) is 1.38. The number of benzene rings is 1. The number of aldehydes is 1. The number of halogens is 1. The average Bonchev–Trinajstić information content (AvgIpc) is 2.30. The zero-order valence-electron chi connectivity index (χ0n) is 7.85. The van der Waals surface area contributed by atoms with E-state index in [1.807, 2.05) is 30.3 Å². The fourth-order valence-corrected chi connectivity index (χ4v) is 1.62. The Morgan fingerprint density at radius 3 is 2.73 bits per heavy atom. The van der Waals surface area contributed by atoms with Gasteiger partial charge in [-0.05, 0) is 23.8 Å². The van der Waals surface area contributed by atoms with Gasteiger partial charge in [0.15, 0.2) is 6.29 Å². The molecule has 2 rings (SSSR count). The largest absolute Gasteiger partial charge is 0.296 e. The summed E-state index contributed by atoms with van der Waals surface area (Å²) in [6.45, 7) is 0. The van der Waals surface area contributed by atoms with E-state index < -0.39 is 0 Å². The van der Waals surface area contributed by atoms with Crippen LogP contribution >= 0.6 is 11.6 Å². The topological polar surface area (TPSA) is 30.0 Å². The summed E-state index contributed by atoms with van der Waals surface area (Å²) >= 11 is 6.05. The van der Waals surface area contributed by atoms with Crippen LogP contribution in [0, 0.1) is 0 Å². The van der Waals surface area contributed by atoms with Gasteiger partial charge in [-0.25, -0.2) is 0 Å². The second kappa shape index (κ2) is 4.24. The molecule has 2 nitrogen and oxygen atoms in total. The lowest BCUT2D eigenvalue weighted by molar-refractivity contribution is 0.111. The zero-order valence-corrected chi connectivity index (χ0v) is 8.61. The van der Waals surface area contributed by atoms with E-state index in [0.29, 0.717) is 10.7 Å². The molecule has 1 aromatic heterocycles. The summed E-state index contributed by atoms with van der Waals surface area (Å²) < 4.78 is 0. The van der Waals surface area contributed by atoms with Crippen molar-refractivity contribution < 1.29 is 4.79 Å². The van der Waals surface area contributed by atoms with Crippen LogP contribution < -0.4 is 0 Å². The van der Waals surface area contributed by atoms with Gasteiger partial charge in [-0.2, -0.15) is 0 Å². The SMILES string of the molecule is O=Cc1cc(-c2ccccc2Cl)ccn1. The summed E-state index contributed by atoms with van der Waals surface area (Å²) in [5.41, 5.74) is 2.22.